The van der Waals surface area contributed by atoms with Gasteiger partial charge in [0.05, 0.1) is 13.0 Å². The number of nitrogens with zero attached hydrogens (tertiary/aromatic N) is 1. The normalized spacial score (nSPS) is 15.3. The number of hydrogen-bond acceptors (Lipinski definition) is 4. The number of hydrogen-bond donors (Lipinski definition) is 1. The van der Waals surface area contributed by atoms with Gasteiger partial charge in [0.1, 0.15) is 6.10 Å². The monoisotopic (exact) mass is 358 g/mol. The summed E-state index contributed by atoms with van der Waals surface area (Å²) >= 11 is 0. The van der Waals surface area contributed by atoms with Gasteiger partial charge in [-0.15, -0.1) is 0 Å². The van der Waals surface area contributed by atoms with E-state index in [-0.39, 0.29) is 24.6 Å². The molecular weight excluding hydrogens is 332 g/mol. The number of aromatic nitrogens is 1. The predicted molar refractivity (Wildman–Crippen MR) is 99.2 cm³/mol. The van der Waals surface area contributed by atoms with Crippen LogP contribution in [0.15, 0.2) is 18.2 Å². The standard InChI is InChI=1S/C20H26N2O4/c1-4-25-20(24)22-9-7-15(8-10-22)26-19(23)12-16-14(3)21-18-6-5-13(2)11-17(16)18/h5-6,11,15,21H,4,7-10,12H2,1-3H3. The molecule has 6 nitrogen and oxygen atoms in total. The summed E-state index contributed by atoms with van der Waals surface area (Å²) in [6.45, 7) is 7.30. The fourth-order valence-electron chi connectivity index (χ4n) is 3.47. The van der Waals surface area contributed by atoms with Crippen molar-refractivity contribution >= 4 is 23.0 Å². The lowest BCUT2D eigenvalue weighted by atomic mass is 10.1. The molecule has 1 saturated heterocycles. The Kier molecular flexibility index (Phi) is 5.49. The van der Waals surface area contributed by atoms with E-state index in [0.717, 1.165) is 27.7 Å². The van der Waals surface area contributed by atoms with Crippen LogP contribution < -0.4 is 0 Å². The summed E-state index contributed by atoms with van der Waals surface area (Å²) in [5, 5.41) is 1.08. The van der Waals surface area contributed by atoms with Crippen LogP contribution in [0.1, 0.15) is 36.6 Å². The molecule has 1 aromatic heterocycles. The summed E-state index contributed by atoms with van der Waals surface area (Å²) in [4.78, 5) is 29.2. The van der Waals surface area contributed by atoms with Gasteiger partial charge in [-0.3, -0.25) is 4.79 Å². The number of piperidine rings is 1. The van der Waals surface area contributed by atoms with E-state index in [4.69, 9.17) is 9.47 Å². The number of ether oxygens (including phenoxy) is 2. The summed E-state index contributed by atoms with van der Waals surface area (Å²) in [6.07, 6.45) is 1.13. The minimum atomic E-state index is -0.290. The van der Waals surface area contributed by atoms with Crippen molar-refractivity contribution in [2.24, 2.45) is 0 Å². The maximum atomic E-state index is 12.4. The summed E-state index contributed by atoms with van der Waals surface area (Å²) in [7, 11) is 0. The molecule has 2 aromatic rings. The van der Waals surface area contributed by atoms with E-state index in [2.05, 4.69) is 17.1 Å². The third kappa shape index (κ3) is 4.00. The van der Waals surface area contributed by atoms with E-state index in [9.17, 15) is 9.59 Å². The Balaban J connectivity index is 1.58. The van der Waals surface area contributed by atoms with Crippen LogP contribution in [0.25, 0.3) is 10.9 Å². The fourth-order valence-corrected chi connectivity index (χ4v) is 3.47. The Labute approximate surface area is 153 Å². The maximum Gasteiger partial charge on any atom is 0.409 e. The average molecular weight is 358 g/mol. The molecule has 1 amide bonds. The Morgan fingerprint density at radius 1 is 1.23 bits per heavy atom. The first kappa shape index (κ1) is 18.3. The molecule has 6 heteroatoms. The van der Waals surface area contributed by atoms with Gasteiger partial charge in [0.25, 0.3) is 0 Å². The second-order valence-corrected chi connectivity index (χ2v) is 6.83. The first-order valence-electron chi connectivity index (χ1n) is 9.17. The lowest BCUT2D eigenvalue weighted by Crippen LogP contribution is -2.41. The molecule has 1 N–H and O–H groups in total. The van der Waals surface area contributed by atoms with Gasteiger partial charge in [-0.1, -0.05) is 11.6 Å². The Morgan fingerprint density at radius 3 is 2.65 bits per heavy atom. The fraction of sp³-hybridized carbons (Fsp3) is 0.500. The van der Waals surface area contributed by atoms with Crippen molar-refractivity contribution in [2.45, 2.75) is 46.1 Å². The molecule has 1 fully saturated rings. The number of carbonyl (C=O) groups excluding carboxylic acids is 2. The number of likely N-dealkylation sites (tertiary alicyclic amines) is 1. The number of rotatable bonds is 4. The largest absolute Gasteiger partial charge is 0.462 e. The van der Waals surface area contributed by atoms with Crippen molar-refractivity contribution in [3.8, 4) is 0 Å². The number of fused-ring (bicyclic) bond motifs is 1. The molecule has 3 rings (SSSR count). The van der Waals surface area contributed by atoms with E-state index in [1.165, 1.54) is 0 Å². The number of nitrogens with one attached hydrogen (secondary N) is 1. The van der Waals surface area contributed by atoms with Crippen molar-refractivity contribution in [3.63, 3.8) is 0 Å². The smallest absolute Gasteiger partial charge is 0.409 e. The van der Waals surface area contributed by atoms with Crippen molar-refractivity contribution < 1.29 is 19.1 Å². The first-order chi connectivity index (χ1) is 12.5. The predicted octanol–water partition coefficient (Wildman–Crippen LogP) is 3.49. The van der Waals surface area contributed by atoms with Crippen molar-refractivity contribution in [3.05, 3.63) is 35.0 Å². The van der Waals surface area contributed by atoms with Crippen LogP contribution in [0.3, 0.4) is 0 Å². The van der Waals surface area contributed by atoms with Crippen LogP contribution in [0.4, 0.5) is 4.79 Å². The lowest BCUT2D eigenvalue weighted by Gasteiger charge is -2.30. The van der Waals surface area contributed by atoms with E-state index in [1.807, 2.05) is 19.9 Å². The molecule has 26 heavy (non-hydrogen) atoms. The van der Waals surface area contributed by atoms with Gasteiger partial charge in [0, 0.05) is 42.5 Å². The summed E-state index contributed by atoms with van der Waals surface area (Å²) in [5.41, 5.74) is 4.20. The molecule has 1 aliphatic rings. The van der Waals surface area contributed by atoms with Crippen LogP contribution in [-0.2, 0) is 20.7 Å². The number of aromatic amines is 1. The van der Waals surface area contributed by atoms with Crippen LogP contribution in [0.5, 0.6) is 0 Å². The van der Waals surface area contributed by atoms with Crippen LogP contribution in [0, 0.1) is 13.8 Å². The van der Waals surface area contributed by atoms with Crippen molar-refractivity contribution in [2.75, 3.05) is 19.7 Å². The average Bonchev–Trinajstić information content (AvgIpc) is 2.91. The number of H-pyrrole nitrogens is 1. The van der Waals surface area contributed by atoms with Crippen molar-refractivity contribution in [1.82, 2.24) is 9.88 Å². The SMILES string of the molecule is CCOC(=O)N1CCC(OC(=O)Cc2c(C)[nH]c3ccc(C)cc23)CC1. The van der Waals surface area contributed by atoms with Gasteiger partial charge >= 0.3 is 12.1 Å². The summed E-state index contributed by atoms with van der Waals surface area (Å²) in [6, 6.07) is 6.19. The number of benzene rings is 1. The zero-order chi connectivity index (χ0) is 18.7. The van der Waals surface area contributed by atoms with E-state index in [1.54, 1.807) is 11.8 Å². The number of amides is 1. The van der Waals surface area contributed by atoms with Crippen LogP contribution in [-0.4, -0.2) is 47.7 Å². The van der Waals surface area contributed by atoms with Gasteiger partial charge in [0.2, 0.25) is 0 Å². The molecule has 0 spiro atoms. The van der Waals surface area contributed by atoms with E-state index in [0.29, 0.717) is 32.5 Å². The Bertz CT molecular complexity index is 803. The molecule has 2 heterocycles. The molecule has 0 bridgehead atoms. The van der Waals surface area contributed by atoms with Crippen LogP contribution >= 0.6 is 0 Å². The highest BCUT2D eigenvalue weighted by atomic mass is 16.6. The molecule has 1 aliphatic heterocycles. The van der Waals surface area contributed by atoms with Gasteiger partial charge in [-0.05, 0) is 38.5 Å². The molecule has 0 atom stereocenters. The second kappa shape index (κ2) is 7.81. The molecule has 140 valence electrons. The maximum absolute atomic E-state index is 12.4. The first-order valence-corrected chi connectivity index (χ1v) is 9.17. The van der Waals surface area contributed by atoms with Gasteiger partial charge in [-0.25, -0.2) is 4.79 Å². The number of esters is 1. The number of aryl methyl sites for hydroxylation is 2. The zero-order valence-corrected chi connectivity index (χ0v) is 15.6. The second-order valence-electron chi connectivity index (χ2n) is 6.83. The molecule has 0 radical (unpaired) electrons. The quantitative estimate of drug-likeness (QED) is 0.849. The summed E-state index contributed by atoms with van der Waals surface area (Å²) < 4.78 is 10.7. The molecule has 1 aromatic carbocycles. The molecular formula is C20H26N2O4. The highest BCUT2D eigenvalue weighted by molar-refractivity contribution is 5.89. The third-order valence-corrected chi connectivity index (χ3v) is 4.86. The van der Waals surface area contributed by atoms with Crippen LogP contribution in [0.2, 0.25) is 0 Å². The molecule has 0 aliphatic carbocycles. The van der Waals surface area contributed by atoms with E-state index >= 15 is 0 Å². The lowest BCUT2D eigenvalue weighted by molar-refractivity contribution is -0.150. The van der Waals surface area contributed by atoms with Gasteiger partial charge in [0.15, 0.2) is 0 Å². The minimum absolute atomic E-state index is 0.138. The Hall–Kier alpha value is -2.50. The topological polar surface area (TPSA) is 71.6 Å². The highest BCUT2D eigenvalue weighted by Crippen LogP contribution is 2.24. The zero-order valence-electron chi connectivity index (χ0n) is 15.6. The van der Waals surface area contributed by atoms with E-state index < -0.39 is 0 Å². The summed E-state index contributed by atoms with van der Waals surface area (Å²) in [5.74, 6) is -0.218. The Morgan fingerprint density at radius 2 is 1.96 bits per heavy atom. The van der Waals surface area contributed by atoms with Crippen molar-refractivity contribution in [1.29, 1.82) is 0 Å². The third-order valence-electron chi connectivity index (χ3n) is 4.86. The minimum Gasteiger partial charge on any atom is -0.462 e. The molecule has 0 saturated carbocycles. The number of carbonyl (C=O) groups is 2. The van der Waals surface area contributed by atoms with Gasteiger partial charge in [-0.2, -0.15) is 0 Å². The molecule has 0 unspecified atom stereocenters. The van der Waals surface area contributed by atoms with Gasteiger partial charge < -0.3 is 19.4 Å². The highest BCUT2D eigenvalue weighted by Gasteiger charge is 2.26.